The van der Waals surface area contributed by atoms with Crippen LogP contribution < -0.4 is 10.5 Å². The summed E-state index contributed by atoms with van der Waals surface area (Å²) in [4.78, 5) is 0.228. The van der Waals surface area contributed by atoms with E-state index in [1.165, 1.54) is 12.1 Å². The van der Waals surface area contributed by atoms with Gasteiger partial charge in [-0.15, -0.1) is 6.58 Å². The number of nitrogen functional groups attached to an aromatic ring is 1. The van der Waals surface area contributed by atoms with Gasteiger partial charge in [-0.05, 0) is 19.1 Å². The number of hydrogen-bond acceptors (Lipinski definition) is 3. The van der Waals surface area contributed by atoms with E-state index in [0.29, 0.717) is 11.1 Å². The van der Waals surface area contributed by atoms with Crippen LogP contribution in [0.3, 0.4) is 0 Å². The molecule has 100 valence electrons. The highest BCUT2D eigenvalue weighted by atomic mass is 32.2. The van der Waals surface area contributed by atoms with E-state index in [9.17, 15) is 8.42 Å². The van der Waals surface area contributed by atoms with Gasteiger partial charge in [0, 0.05) is 22.5 Å². The molecule has 0 fully saturated rings. The van der Waals surface area contributed by atoms with Crippen molar-refractivity contribution in [2.75, 3.05) is 5.73 Å². The van der Waals surface area contributed by atoms with Crippen molar-refractivity contribution in [2.45, 2.75) is 17.9 Å². The van der Waals surface area contributed by atoms with Crippen LogP contribution in [-0.4, -0.2) is 14.5 Å². The number of nitrogens with two attached hydrogens (primary N) is 1. The van der Waals surface area contributed by atoms with Crippen LogP contribution in [0.15, 0.2) is 53.9 Å². The fourth-order valence-corrected chi connectivity index (χ4v) is 3.31. The Hall–Kier alpha value is -1.85. The average molecular weight is 276 g/mol. The molecule has 0 saturated carbocycles. The Labute approximate surface area is 113 Å². The predicted octanol–water partition coefficient (Wildman–Crippen LogP) is 2.27. The molecule has 0 aliphatic carbocycles. The molecule has 2 aromatic carbocycles. The summed E-state index contributed by atoms with van der Waals surface area (Å²) in [6.45, 7) is 5.29. The van der Waals surface area contributed by atoms with Crippen LogP contribution in [0.5, 0.6) is 0 Å². The second-order valence-corrected chi connectivity index (χ2v) is 6.03. The number of rotatable bonds is 4. The van der Waals surface area contributed by atoms with Gasteiger partial charge in [0.1, 0.15) is 0 Å². The summed E-state index contributed by atoms with van der Waals surface area (Å²) in [6, 6.07) is 9.97. The Bertz CT molecular complexity index is 723. The molecule has 0 saturated heterocycles. The smallest absolute Gasteiger partial charge is 0.241 e. The van der Waals surface area contributed by atoms with Crippen molar-refractivity contribution in [3.05, 3.63) is 49.1 Å². The summed E-state index contributed by atoms with van der Waals surface area (Å²) in [7, 11) is -3.59. The quantitative estimate of drug-likeness (QED) is 0.664. The first kappa shape index (κ1) is 13.6. The Balaban J connectivity index is 2.63. The van der Waals surface area contributed by atoms with Gasteiger partial charge in [0.25, 0.3) is 0 Å². The van der Waals surface area contributed by atoms with E-state index in [2.05, 4.69) is 11.3 Å². The van der Waals surface area contributed by atoms with Crippen LogP contribution in [0.1, 0.15) is 6.92 Å². The Morgan fingerprint density at radius 3 is 2.47 bits per heavy atom. The largest absolute Gasteiger partial charge is 0.398 e. The molecule has 0 bridgehead atoms. The van der Waals surface area contributed by atoms with E-state index < -0.39 is 10.0 Å². The lowest BCUT2D eigenvalue weighted by atomic mass is 10.1. The van der Waals surface area contributed by atoms with E-state index in [1.54, 1.807) is 31.2 Å². The van der Waals surface area contributed by atoms with Crippen molar-refractivity contribution in [3.63, 3.8) is 0 Å². The molecule has 4 nitrogen and oxygen atoms in total. The van der Waals surface area contributed by atoms with Gasteiger partial charge in [0.05, 0.1) is 4.90 Å². The summed E-state index contributed by atoms with van der Waals surface area (Å²) in [5, 5.41) is 1.35. The third kappa shape index (κ3) is 2.62. The highest BCUT2D eigenvalue weighted by Gasteiger charge is 2.19. The van der Waals surface area contributed by atoms with Crippen LogP contribution in [0.4, 0.5) is 5.69 Å². The van der Waals surface area contributed by atoms with Gasteiger partial charge >= 0.3 is 0 Å². The summed E-state index contributed by atoms with van der Waals surface area (Å²) >= 11 is 0. The van der Waals surface area contributed by atoms with Crippen molar-refractivity contribution in [1.82, 2.24) is 4.72 Å². The maximum Gasteiger partial charge on any atom is 0.241 e. The minimum Gasteiger partial charge on any atom is -0.398 e. The Morgan fingerprint density at radius 1 is 1.21 bits per heavy atom. The second kappa shape index (κ2) is 5.03. The van der Waals surface area contributed by atoms with Gasteiger partial charge in [-0.3, -0.25) is 0 Å². The third-order valence-electron chi connectivity index (χ3n) is 2.90. The van der Waals surface area contributed by atoms with Crippen molar-refractivity contribution in [2.24, 2.45) is 0 Å². The molecule has 5 heteroatoms. The second-order valence-electron chi connectivity index (χ2n) is 4.34. The molecule has 0 radical (unpaired) electrons. The zero-order valence-electron chi connectivity index (χ0n) is 10.6. The van der Waals surface area contributed by atoms with Gasteiger partial charge in [0.15, 0.2) is 0 Å². The van der Waals surface area contributed by atoms with E-state index in [4.69, 9.17) is 5.73 Å². The summed E-state index contributed by atoms with van der Waals surface area (Å²) in [6.07, 6.45) is 1.54. The van der Waals surface area contributed by atoms with Crippen LogP contribution in [0.25, 0.3) is 10.8 Å². The maximum atomic E-state index is 12.3. The number of benzene rings is 2. The maximum absolute atomic E-state index is 12.3. The molecule has 0 aliphatic rings. The number of anilines is 1. The van der Waals surface area contributed by atoms with Gasteiger partial charge < -0.3 is 5.73 Å². The first-order chi connectivity index (χ1) is 8.95. The summed E-state index contributed by atoms with van der Waals surface area (Å²) < 4.78 is 27.2. The first-order valence-corrected chi connectivity index (χ1v) is 7.36. The summed E-state index contributed by atoms with van der Waals surface area (Å²) in [5.74, 6) is 0. The molecule has 0 heterocycles. The minimum atomic E-state index is -3.59. The number of fused-ring (bicyclic) bond motifs is 1. The van der Waals surface area contributed by atoms with Crippen LogP contribution >= 0.6 is 0 Å². The van der Waals surface area contributed by atoms with E-state index >= 15 is 0 Å². The molecular formula is C14H16N2O2S. The monoisotopic (exact) mass is 276 g/mol. The molecule has 19 heavy (non-hydrogen) atoms. The molecular weight excluding hydrogens is 260 g/mol. The molecule has 0 amide bonds. The lowest BCUT2D eigenvalue weighted by molar-refractivity contribution is 0.577. The van der Waals surface area contributed by atoms with Crippen molar-refractivity contribution in [3.8, 4) is 0 Å². The van der Waals surface area contributed by atoms with Crippen molar-refractivity contribution in [1.29, 1.82) is 0 Å². The molecule has 1 atom stereocenters. The number of sulfonamides is 1. The van der Waals surface area contributed by atoms with E-state index in [-0.39, 0.29) is 10.9 Å². The fraction of sp³-hybridized carbons (Fsp3) is 0.143. The highest BCUT2D eigenvalue weighted by Crippen LogP contribution is 2.27. The van der Waals surface area contributed by atoms with Gasteiger partial charge in [0.2, 0.25) is 10.0 Å². The Kier molecular flexibility index (Phi) is 3.59. The van der Waals surface area contributed by atoms with Crippen LogP contribution in [-0.2, 0) is 10.0 Å². The minimum absolute atomic E-state index is 0.228. The van der Waals surface area contributed by atoms with Crippen LogP contribution in [0, 0.1) is 0 Å². The standard InChI is InChI=1S/C14H16N2O2S/c1-3-10(2)16-19(17,18)14-9-8-13(15)11-6-4-5-7-12(11)14/h3-10,16H,1,15H2,2H3. The lowest BCUT2D eigenvalue weighted by Gasteiger charge is -2.13. The molecule has 0 aromatic heterocycles. The average Bonchev–Trinajstić information content (AvgIpc) is 2.38. The third-order valence-corrected chi connectivity index (χ3v) is 4.52. The van der Waals surface area contributed by atoms with Gasteiger partial charge in [-0.25, -0.2) is 13.1 Å². The SMILES string of the molecule is C=CC(C)NS(=O)(=O)c1ccc(N)c2ccccc12. The first-order valence-electron chi connectivity index (χ1n) is 5.88. The van der Waals surface area contributed by atoms with E-state index in [1.807, 2.05) is 6.07 Å². The van der Waals surface area contributed by atoms with Gasteiger partial charge in [-0.2, -0.15) is 0 Å². The van der Waals surface area contributed by atoms with Crippen LogP contribution in [0.2, 0.25) is 0 Å². The molecule has 0 aliphatic heterocycles. The number of nitrogens with one attached hydrogen (secondary N) is 1. The zero-order chi connectivity index (χ0) is 14.0. The molecule has 0 spiro atoms. The van der Waals surface area contributed by atoms with E-state index in [0.717, 1.165) is 5.39 Å². The topological polar surface area (TPSA) is 72.2 Å². The molecule has 1 unspecified atom stereocenters. The zero-order valence-corrected chi connectivity index (χ0v) is 11.4. The summed E-state index contributed by atoms with van der Waals surface area (Å²) in [5.41, 5.74) is 6.43. The Morgan fingerprint density at radius 2 is 1.84 bits per heavy atom. The molecule has 2 aromatic rings. The highest BCUT2D eigenvalue weighted by molar-refractivity contribution is 7.89. The molecule has 2 rings (SSSR count). The lowest BCUT2D eigenvalue weighted by Crippen LogP contribution is -2.31. The fourth-order valence-electron chi connectivity index (χ4n) is 1.89. The predicted molar refractivity (Wildman–Crippen MR) is 78.3 cm³/mol. The van der Waals surface area contributed by atoms with Crippen molar-refractivity contribution >= 4 is 26.5 Å². The van der Waals surface area contributed by atoms with Gasteiger partial charge in [-0.1, -0.05) is 30.3 Å². The molecule has 3 N–H and O–H groups in total. The number of hydrogen-bond donors (Lipinski definition) is 2. The van der Waals surface area contributed by atoms with Crippen molar-refractivity contribution < 1.29 is 8.42 Å². The normalized spacial score (nSPS) is 13.3.